The van der Waals surface area contributed by atoms with Crippen molar-refractivity contribution < 1.29 is 4.79 Å². The second-order valence-corrected chi connectivity index (χ2v) is 4.51. The Morgan fingerprint density at radius 3 is 2.94 bits per heavy atom. The van der Waals surface area contributed by atoms with Crippen LogP contribution in [0.25, 0.3) is 16.5 Å². The van der Waals surface area contributed by atoms with Crippen LogP contribution in [0.15, 0.2) is 30.5 Å². The number of amides is 1. The highest BCUT2D eigenvalue weighted by Crippen LogP contribution is 2.28. The van der Waals surface area contributed by atoms with Crippen molar-refractivity contribution in [3.05, 3.63) is 41.6 Å². The van der Waals surface area contributed by atoms with Crippen LogP contribution in [0.3, 0.4) is 0 Å². The maximum Gasteiger partial charge on any atom is 0.248 e. The molecule has 1 aromatic heterocycles. The molecule has 0 radical (unpaired) electrons. The second-order valence-electron chi connectivity index (χ2n) is 4.51. The van der Waals surface area contributed by atoms with Crippen LogP contribution in [0.4, 0.5) is 0 Å². The maximum atomic E-state index is 11.2. The fourth-order valence-corrected chi connectivity index (χ4v) is 2.41. The average molecular weight is 241 g/mol. The maximum absolute atomic E-state index is 11.2. The molecule has 0 aliphatic carbocycles. The first-order valence-electron chi connectivity index (χ1n) is 6.07. The van der Waals surface area contributed by atoms with Crippen LogP contribution in [-0.4, -0.2) is 24.0 Å². The summed E-state index contributed by atoms with van der Waals surface area (Å²) >= 11 is 0. The lowest BCUT2D eigenvalue weighted by Gasteiger charge is -2.13. The number of primary amides is 1. The Kier molecular flexibility index (Phi) is 2.64. The molecule has 1 amide bonds. The number of fused-ring (bicyclic) bond motifs is 1. The number of hydrogen-bond donors (Lipinski definition) is 3. The minimum atomic E-state index is -0.386. The first-order valence-corrected chi connectivity index (χ1v) is 6.07. The molecule has 18 heavy (non-hydrogen) atoms. The van der Waals surface area contributed by atoms with E-state index >= 15 is 0 Å². The number of rotatable bonds is 2. The molecule has 2 heterocycles. The Bertz CT molecular complexity index is 640. The monoisotopic (exact) mass is 241 g/mol. The van der Waals surface area contributed by atoms with E-state index in [0.717, 1.165) is 30.4 Å². The number of aromatic amines is 1. The second kappa shape index (κ2) is 4.31. The lowest BCUT2D eigenvalue weighted by Crippen LogP contribution is -2.19. The van der Waals surface area contributed by atoms with E-state index in [4.69, 9.17) is 5.73 Å². The summed E-state index contributed by atoms with van der Waals surface area (Å²) in [6, 6.07) is 5.52. The summed E-state index contributed by atoms with van der Waals surface area (Å²) in [4.78, 5) is 14.5. The molecule has 0 atom stereocenters. The van der Waals surface area contributed by atoms with Crippen molar-refractivity contribution >= 4 is 22.4 Å². The third-order valence-corrected chi connectivity index (χ3v) is 3.38. The van der Waals surface area contributed by atoms with Gasteiger partial charge in [-0.3, -0.25) is 4.79 Å². The molecule has 0 saturated heterocycles. The minimum absolute atomic E-state index is 0.386. The van der Waals surface area contributed by atoms with Gasteiger partial charge in [0.25, 0.3) is 0 Å². The van der Waals surface area contributed by atoms with Gasteiger partial charge in [-0.05, 0) is 36.7 Å². The third-order valence-electron chi connectivity index (χ3n) is 3.38. The molecule has 0 bridgehead atoms. The molecule has 1 aliphatic rings. The zero-order chi connectivity index (χ0) is 12.5. The van der Waals surface area contributed by atoms with Crippen LogP contribution in [-0.2, 0) is 0 Å². The fourth-order valence-electron chi connectivity index (χ4n) is 2.41. The van der Waals surface area contributed by atoms with E-state index in [1.807, 2.05) is 18.3 Å². The molecule has 3 rings (SSSR count). The van der Waals surface area contributed by atoms with E-state index in [9.17, 15) is 4.79 Å². The Hall–Kier alpha value is -2.07. The van der Waals surface area contributed by atoms with Crippen LogP contribution in [0.1, 0.15) is 22.3 Å². The van der Waals surface area contributed by atoms with Crippen molar-refractivity contribution in [3.8, 4) is 0 Å². The molecule has 0 saturated carbocycles. The lowest BCUT2D eigenvalue weighted by molar-refractivity contribution is 0.100. The summed E-state index contributed by atoms with van der Waals surface area (Å²) in [5.74, 6) is -0.386. The van der Waals surface area contributed by atoms with Crippen molar-refractivity contribution in [2.24, 2.45) is 5.73 Å². The van der Waals surface area contributed by atoms with E-state index in [0.29, 0.717) is 5.56 Å². The summed E-state index contributed by atoms with van der Waals surface area (Å²) in [6.45, 7) is 1.89. The normalized spacial score (nSPS) is 15.7. The summed E-state index contributed by atoms with van der Waals surface area (Å²) < 4.78 is 0. The van der Waals surface area contributed by atoms with Crippen molar-refractivity contribution in [2.75, 3.05) is 13.1 Å². The molecular weight excluding hydrogens is 226 g/mol. The van der Waals surface area contributed by atoms with Gasteiger partial charge in [0.1, 0.15) is 0 Å². The molecule has 92 valence electrons. The van der Waals surface area contributed by atoms with Gasteiger partial charge in [0, 0.05) is 34.8 Å². The number of nitrogens with one attached hydrogen (secondary N) is 2. The molecule has 4 nitrogen and oxygen atoms in total. The average Bonchev–Trinajstić information content (AvgIpc) is 2.82. The number of benzene rings is 1. The number of hydrogen-bond acceptors (Lipinski definition) is 2. The quantitative estimate of drug-likeness (QED) is 0.748. The van der Waals surface area contributed by atoms with Crippen LogP contribution < -0.4 is 11.1 Å². The van der Waals surface area contributed by atoms with Crippen LogP contribution in [0.5, 0.6) is 0 Å². The Balaban J connectivity index is 2.14. The Labute approximate surface area is 105 Å². The highest BCUT2D eigenvalue weighted by molar-refractivity contribution is 6.00. The summed E-state index contributed by atoms with van der Waals surface area (Å²) in [6.07, 6.45) is 5.21. The van der Waals surface area contributed by atoms with E-state index in [1.54, 1.807) is 6.07 Å². The molecule has 0 spiro atoms. The van der Waals surface area contributed by atoms with Gasteiger partial charge in [-0.25, -0.2) is 0 Å². The van der Waals surface area contributed by atoms with Crippen molar-refractivity contribution in [2.45, 2.75) is 6.42 Å². The van der Waals surface area contributed by atoms with Gasteiger partial charge in [0.2, 0.25) is 5.91 Å². The molecular formula is C14H15N3O. The molecule has 1 aromatic carbocycles. The van der Waals surface area contributed by atoms with Crippen LogP contribution in [0, 0.1) is 0 Å². The standard InChI is InChI=1S/C14H15N3O/c15-14(18)10-1-2-13-11(7-10)12(8-17-13)9-3-5-16-6-4-9/h1-3,7-8,16-17H,4-6H2,(H2,15,18). The number of aromatic nitrogens is 1. The Morgan fingerprint density at radius 1 is 1.33 bits per heavy atom. The van der Waals surface area contributed by atoms with Crippen molar-refractivity contribution in [1.29, 1.82) is 0 Å². The number of H-pyrrole nitrogens is 1. The third kappa shape index (κ3) is 1.80. The van der Waals surface area contributed by atoms with Crippen molar-refractivity contribution in [3.63, 3.8) is 0 Å². The largest absolute Gasteiger partial charge is 0.366 e. The van der Waals surface area contributed by atoms with Gasteiger partial charge in [-0.1, -0.05) is 6.08 Å². The molecule has 2 aromatic rings. The summed E-state index contributed by atoms with van der Waals surface area (Å²) in [5, 5.41) is 4.36. The van der Waals surface area contributed by atoms with Gasteiger partial charge in [-0.2, -0.15) is 0 Å². The topological polar surface area (TPSA) is 70.9 Å². The Morgan fingerprint density at radius 2 is 2.22 bits per heavy atom. The zero-order valence-electron chi connectivity index (χ0n) is 9.99. The van der Waals surface area contributed by atoms with E-state index in [1.165, 1.54) is 11.1 Å². The van der Waals surface area contributed by atoms with Gasteiger partial charge < -0.3 is 16.0 Å². The van der Waals surface area contributed by atoms with Crippen molar-refractivity contribution in [1.82, 2.24) is 10.3 Å². The fraction of sp³-hybridized carbons (Fsp3) is 0.214. The predicted molar refractivity (Wildman–Crippen MR) is 72.3 cm³/mol. The van der Waals surface area contributed by atoms with Crippen LogP contribution >= 0.6 is 0 Å². The van der Waals surface area contributed by atoms with Crippen LogP contribution in [0.2, 0.25) is 0 Å². The van der Waals surface area contributed by atoms with Gasteiger partial charge in [0.05, 0.1) is 0 Å². The summed E-state index contributed by atoms with van der Waals surface area (Å²) in [7, 11) is 0. The highest BCUT2D eigenvalue weighted by atomic mass is 16.1. The minimum Gasteiger partial charge on any atom is -0.366 e. The first kappa shape index (κ1) is 11.0. The number of nitrogens with two attached hydrogens (primary N) is 1. The molecule has 0 unspecified atom stereocenters. The van der Waals surface area contributed by atoms with E-state index in [2.05, 4.69) is 16.4 Å². The van der Waals surface area contributed by atoms with Gasteiger partial charge in [-0.15, -0.1) is 0 Å². The first-order chi connectivity index (χ1) is 8.75. The molecule has 4 N–H and O–H groups in total. The summed E-state index contributed by atoms with van der Waals surface area (Å²) in [5.41, 5.74) is 9.41. The molecule has 1 aliphatic heterocycles. The van der Waals surface area contributed by atoms with E-state index in [-0.39, 0.29) is 5.91 Å². The lowest BCUT2D eigenvalue weighted by atomic mass is 9.99. The van der Waals surface area contributed by atoms with Gasteiger partial charge >= 0.3 is 0 Å². The SMILES string of the molecule is NC(=O)c1ccc2[nH]cc(C3=CCNCC3)c2c1. The zero-order valence-corrected chi connectivity index (χ0v) is 9.99. The predicted octanol–water partition coefficient (Wildman–Crippen LogP) is 1.64. The smallest absolute Gasteiger partial charge is 0.248 e. The highest BCUT2D eigenvalue weighted by Gasteiger charge is 2.12. The number of carbonyl (C=O) groups excluding carboxylic acids is 1. The van der Waals surface area contributed by atoms with E-state index < -0.39 is 0 Å². The molecule has 4 heteroatoms. The number of carbonyl (C=O) groups is 1. The molecule has 0 fully saturated rings. The van der Waals surface area contributed by atoms with Gasteiger partial charge in [0.15, 0.2) is 0 Å².